The molecule has 0 spiro atoms. The van der Waals surface area contributed by atoms with Crippen molar-refractivity contribution in [1.82, 2.24) is 5.32 Å². The lowest BCUT2D eigenvalue weighted by Crippen LogP contribution is -2.32. The number of benzene rings is 1. The molecule has 0 bridgehead atoms. The number of halogens is 1. The van der Waals surface area contributed by atoms with Gasteiger partial charge in [0.2, 0.25) is 0 Å². The summed E-state index contributed by atoms with van der Waals surface area (Å²) < 4.78 is 35.4. The van der Waals surface area contributed by atoms with Crippen LogP contribution in [0.15, 0.2) is 24.3 Å². The van der Waals surface area contributed by atoms with Crippen molar-refractivity contribution in [3.63, 3.8) is 0 Å². The van der Waals surface area contributed by atoms with E-state index in [1.807, 2.05) is 19.1 Å². The molecule has 0 amide bonds. The molecule has 0 aliphatic rings. The highest BCUT2D eigenvalue weighted by Crippen LogP contribution is 2.18. The summed E-state index contributed by atoms with van der Waals surface area (Å²) in [5.41, 5.74) is 0. The van der Waals surface area contributed by atoms with Crippen LogP contribution in [0, 0.1) is 0 Å². The molecule has 1 aromatic rings. The van der Waals surface area contributed by atoms with Gasteiger partial charge in [-0.25, -0.2) is 0 Å². The van der Waals surface area contributed by atoms with Gasteiger partial charge in [0.05, 0.1) is 0 Å². The molecule has 0 aromatic heterocycles. The fourth-order valence-electron chi connectivity index (χ4n) is 1.48. The molecular weight excluding hydrogens is 322 g/mol. The van der Waals surface area contributed by atoms with Gasteiger partial charge in [0.15, 0.2) is 0 Å². The molecule has 0 fully saturated rings. The Morgan fingerprint density at radius 1 is 1.50 bits per heavy atom. The van der Waals surface area contributed by atoms with Gasteiger partial charge in [0, 0.05) is 23.9 Å². The lowest BCUT2D eigenvalue weighted by Gasteiger charge is -2.18. The first-order chi connectivity index (χ1) is 9.40. The molecule has 0 aliphatic carbocycles. The van der Waals surface area contributed by atoms with E-state index >= 15 is 0 Å². The fourth-order valence-corrected chi connectivity index (χ4v) is 2.98. The van der Waals surface area contributed by atoms with Crippen LogP contribution in [0.25, 0.3) is 0 Å². The molecule has 20 heavy (non-hydrogen) atoms. The predicted molar refractivity (Wildman–Crippen MR) is 83.0 cm³/mol. The van der Waals surface area contributed by atoms with Gasteiger partial charge in [-0.1, -0.05) is 24.6 Å². The molecule has 0 heterocycles. The number of nitrogens with one attached hydrogen (secondary N) is 1. The van der Waals surface area contributed by atoms with Crippen molar-refractivity contribution in [2.24, 2.45) is 0 Å². The summed E-state index contributed by atoms with van der Waals surface area (Å²) in [6.07, 6.45) is 0.787. The van der Waals surface area contributed by atoms with Crippen LogP contribution in [0.1, 0.15) is 13.3 Å². The highest BCUT2D eigenvalue weighted by molar-refractivity contribution is 8.69. The summed E-state index contributed by atoms with van der Waals surface area (Å²) in [5, 5.41) is 3.71. The Labute approximate surface area is 128 Å². The molecule has 114 valence electrons. The first kappa shape index (κ1) is 17.6. The van der Waals surface area contributed by atoms with Gasteiger partial charge in [-0.15, -0.1) is 0 Å². The van der Waals surface area contributed by atoms with Gasteiger partial charge >= 0.3 is 9.15 Å². The van der Waals surface area contributed by atoms with Crippen LogP contribution in [0.3, 0.4) is 0 Å². The van der Waals surface area contributed by atoms with E-state index in [1.165, 1.54) is 0 Å². The third-order valence-corrected chi connectivity index (χ3v) is 4.73. The number of hydrogen-bond acceptors (Lipinski definition) is 5. The van der Waals surface area contributed by atoms with Crippen LogP contribution in [0.5, 0.6) is 5.75 Å². The van der Waals surface area contributed by atoms with Crippen molar-refractivity contribution >= 4 is 31.5 Å². The molecule has 0 aliphatic heterocycles. The van der Waals surface area contributed by atoms with Crippen molar-refractivity contribution < 1.29 is 17.7 Å². The van der Waals surface area contributed by atoms with Gasteiger partial charge in [-0.05, 0) is 35.4 Å². The Kier molecular flexibility index (Phi) is 7.68. The summed E-state index contributed by atoms with van der Waals surface area (Å²) in [6.45, 7) is 3.07. The quantitative estimate of drug-likeness (QED) is 0.409. The molecule has 1 rings (SSSR count). The predicted octanol–water partition coefficient (Wildman–Crippen LogP) is 2.62. The van der Waals surface area contributed by atoms with Crippen LogP contribution < -0.4 is 10.1 Å². The Hall–Kier alpha value is -0.470. The van der Waals surface area contributed by atoms with Crippen LogP contribution in [0.2, 0.25) is 5.02 Å². The Morgan fingerprint density at radius 3 is 2.85 bits per heavy atom. The lowest BCUT2D eigenvalue weighted by molar-refractivity contribution is 0.194. The minimum absolute atomic E-state index is 0.0239. The molecule has 2 N–H and O–H groups in total. The van der Waals surface area contributed by atoms with Gasteiger partial charge < -0.3 is 10.1 Å². The maximum absolute atomic E-state index is 10.5. The molecule has 8 heteroatoms. The summed E-state index contributed by atoms with van der Waals surface area (Å²) in [7, 11) is -3.45. The zero-order chi connectivity index (χ0) is 15.0. The van der Waals surface area contributed by atoms with Crippen molar-refractivity contribution in [2.45, 2.75) is 19.4 Å². The van der Waals surface area contributed by atoms with Gasteiger partial charge in [0.1, 0.15) is 11.9 Å². The van der Waals surface area contributed by atoms with E-state index in [0.717, 1.165) is 6.42 Å². The maximum atomic E-state index is 10.5. The van der Waals surface area contributed by atoms with Crippen LogP contribution >= 0.6 is 22.4 Å². The van der Waals surface area contributed by atoms with Crippen LogP contribution in [-0.2, 0) is 9.15 Å². The van der Waals surface area contributed by atoms with E-state index in [0.29, 0.717) is 34.7 Å². The normalized spacial score (nSPS) is 13.2. The van der Waals surface area contributed by atoms with E-state index in [9.17, 15) is 8.42 Å². The highest BCUT2D eigenvalue weighted by Gasteiger charge is 2.09. The van der Waals surface area contributed by atoms with Gasteiger partial charge in [0.25, 0.3) is 0 Å². The summed E-state index contributed by atoms with van der Waals surface area (Å²) in [4.78, 5) is 0. The molecule has 0 radical (unpaired) electrons. The number of ether oxygens (including phenoxy) is 1. The molecule has 1 aromatic carbocycles. The van der Waals surface area contributed by atoms with Gasteiger partial charge in [-0.2, -0.15) is 8.42 Å². The van der Waals surface area contributed by atoms with E-state index < -0.39 is 9.15 Å². The second-order valence-electron chi connectivity index (χ2n) is 4.06. The lowest BCUT2D eigenvalue weighted by atomic mass is 10.2. The highest BCUT2D eigenvalue weighted by atomic mass is 35.5. The largest absolute Gasteiger partial charge is 0.489 e. The maximum Gasteiger partial charge on any atom is 0.319 e. The summed E-state index contributed by atoms with van der Waals surface area (Å²) in [5.74, 6) is 0.991. The zero-order valence-corrected chi connectivity index (χ0v) is 13.5. The standard InChI is InChI=1S/C12H18ClNO4S2/c1-2-11(9-14-6-7-19-20(15,16)17)18-12-5-3-4-10(13)8-12/h3-5,8,11,14H,2,6-7,9H2,1H3,(H,15,16,17). The Bertz CT molecular complexity index is 510. The van der Waals surface area contributed by atoms with Crippen molar-refractivity contribution in [3.05, 3.63) is 29.3 Å². The third-order valence-electron chi connectivity index (χ3n) is 2.44. The smallest absolute Gasteiger partial charge is 0.319 e. The minimum atomic E-state index is -3.95. The average molecular weight is 340 g/mol. The second kappa shape index (κ2) is 8.74. The van der Waals surface area contributed by atoms with Crippen molar-refractivity contribution in [3.8, 4) is 5.75 Å². The fraction of sp³-hybridized carbons (Fsp3) is 0.500. The first-order valence-corrected chi connectivity index (χ1v) is 9.47. The SMILES string of the molecule is CCC(CNCCSS(=O)(=O)O)Oc1cccc(Cl)c1. The topological polar surface area (TPSA) is 75.6 Å². The van der Waals surface area contributed by atoms with Crippen LogP contribution in [0.4, 0.5) is 0 Å². The zero-order valence-electron chi connectivity index (χ0n) is 11.1. The second-order valence-corrected chi connectivity index (χ2v) is 7.97. The van der Waals surface area contributed by atoms with E-state index in [4.69, 9.17) is 20.9 Å². The van der Waals surface area contributed by atoms with E-state index in [-0.39, 0.29) is 11.9 Å². The number of rotatable bonds is 9. The Balaban J connectivity index is 2.29. The summed E-state index contributed by atoms with van der Waals surface area (Å²) >= 11 is 5.88. The van der Waals surface area contributed by atoms with Crippen molar-refractivity contribution in [1.29, 1.82) is 0 Å². The minimum Gasteiger partial charge on any atom is -0.489 e. The molecule has 1 atom stereocenters. The van der Waals surface area contributed by atoms with Gasteiger partial charge in [-0.3, -0.25) is 4.55 Å². The number of hydrogen-bond donors (Lipinski definition) is 2. The summed E-state index contributed by atoms with van der Waals surface area (Å²) in [6, 6.07) is 7.18. The monoisotopic (exact) mass is 339 g/mol. The van der Waals surface area contributed by atoms with E-state index in [2.05, 4.69) is 5.32 Å². The van der Waals surface area contributed by atoms with Crippen molar-refractivity contribution in [2.75, 3.05) is 18.8 Å². The molecule has 0 saturated carbocycles. The molecule has 1 unspecified atom stereocenters. The average Bonchev–Trinajstić information content (AvgIpc) is 2.35. The molecular formula is C12H18ClNO4S2. The molecule has 0 saturated heterocycles. The first-order valence-electron chi connectivity index (χ1n) is 6.15. The Morgan fingerprint density at radius 2 is 2.25 bits per heavy atom. The van der Waals surface area contributed by atoms with Crippen LogP contribution in [-0.4, -0.2) is 37.9 Å². The molecule has 5 nitrogen and oxygen atoms in total. The van der Waals surface area contributed by atoms with E-state index in [1.54, 1.807) is 12.1 Å². The third kappa shape index (κ3) is 7.96.